The van der Waals surface area contributed by atoms with E-state index in [1.807, 2.05) is 0 Å². The van der Waals surface area contributed by atoms with Gasteiger partial charge in [0.05, 0.1) is 0 Å². The highest BCUT2D eigenvalue weighted by atomic mass is 16.5. The molecule has 1 aliphatic rings. The van der Waals surface area contributed by atoms with Gasteiger partial charge >= 0.3 is 0 Å². The third kappa shape index (κ3) is 1.93. The molecule has 2 unspecified atom stereocenters. The fourth-order valence-corrected chi connectivity index (χ4v) is 2.46. The molecule has 0 aliphatic heterocycles. The third-order valence-corrected chi connectivity index (χ3v) is 3.63. The van der Waals surface area contributed by atoms with Crippen LogP contribution < -0.4 is 0 Å². The van der Waals surface area contributed by atoms with Crippen LogP contribution in [0.4, 0.5) is 0 Å². The first kappa shape index (κ1) is 10.7. The van der Waals surface area contributed by atoms with Crippen LogP contribution in [-0.2, 0) is 9.53 Å². The molecule has 1 fully saturated rings. The Morgan fingerprint density at radius 3 is 2.54 bits per heavy atom. The normalized spacial score (nSPS) is 31.1. The van der Waals surface area contributed by atoms with Crippen LogP contribution >= 0.6 is 0 Å². The first-order valence-corrected chi connectivity index (χ1v) is 4.99. The van der Waals surface area contributed by atoms with Crippen molar-refractivity contribution in [2.45, 2.75) is 33.6 Å². The van der Waals surface area contributed by atoms with E-state index in [2.05, 4.69) is 13.8 Å². The molecule has 1 saturated carbocycles. The lowest BCUT2D eigenvalue weighted by atomic mass is 9.53. The zero-order valence-corrected chi connectivity index (χ0v) is 9.09. The molecule has 2 nitrogen and oxygen atoms in total. The van der Waals surface area contributed by atoms with Crippen molar-refractivity contribution < 1.29 is 9.53 Å². The Bertz CT molecular complexity index is 196. The maximum absolute atomic E-state index is 11.2. The highest BCUT2D eigenvalue weighted by molar-refractivity contribution is 5.80. The van der Waals surface area contributed by atoms with Crippen molar-refractivity contribution in [1.29, 1.82) is 0 Å². The Hall–Kier alpha value is -0.370. The van der Waals surface area contributed by atoms with Gasteiger partial charge in [0.2, 0.25) is 0 Å². The predicted octanol–water partition coefficient (Wildman–Crippen LogP) is 2.27. The van der Waals surface area contributed by atoms with Gasteiger partial charge in [0.1, 0.15) is 5.78 Å². The molecule has 0 heterocycles. The van der Waals surface area contributed by atoms with Crippen molar-refractivity contribution in [1.82, 2.24) is 0 Å². The van der Waals surface area contributed by atoms with Gasteiger partial charge in [0.15, 0.2) is 0 Å². The van der Waals surface area contributed by atoms with Crippen molar-refractivity contribution in [3.8, 4) is 0 Å². The molecule has 0 aromatic heterocycles. The smallest absolute Gasteiger partial charge is 0.133 e. The van der Waals surface area contributed by atoms with Crippen LogP contribution in [0, 0.1) is 17.3 Å². The van der Waals surface area contributed by atoms with E-state index in [1.54, 1.807) is 14.0 Å². The maximum atomic E-state index is 11.2. The molecule has 1 rings (SSSR count). The van der Waals surface area contributed by atoms with E-state index in [0.29, 0.717) is 11.7 Å². The number of carbonyl (C=O) groups is 1. The molecule has 0 aromatic rings. The Kier molecular flexibility index (Phi) is 3.12. The molecule has 0 aromatic carbocycles. The molecule has 0 N–H and O–H groups in total. The van der Waals surface area contributed by atoms with Crippen molar-refractivity contribution in [3.05, 3.63) is 0 Å². The minimum atomic E-state index is 0.199. The van der Waals surface area contributed by atoms with Crippen LogP contribution in [0.5, 0.6) is 0 Å². The lowest BCUT2D eigenvalue weighted by Gasteiger charge is -2.51. The van der Waals surface area contributed by atoms with Gasteiger partial charge in [-0.25, -0.2) is 0 Å². The van der Waals surface area contributed by atoms with Crippen molar-refractivity contribution >= 4 is 5.78 Å². The van der Waals surface area contributed by atoms with E-state index in [-0.39, 0.29) is 11.3 Å². The van der Waals surface area contributed by atoms with Gasteiger partial charge in [-0.15, -0.1) is 0 Å². The first-order valence-electron chi connectivity index (χ1n) is 4.99. The second-order valence-corrected chi connectivity index (χ2v) is 4.70. The van der Waals surface area contributed by atoms with E-state index >= 15 is 0 Å². The van der Waals surface area contributed by atoms with E-state index in [9.17, 15) is 4.79 Å². The molecule has 13 heavy (non-hydrogen) atoms. The van der Waals surface area contributed by atoms with E-state index in [4.69, 9.17) is 4.74 Å². The summed E-state index contributed by atoms with van der Waals surface area (Å²) in [4.78, 5) is 11.2. The number of hydrogen-bond acceptors (Lipinski definition) is 2. The molecule has 0 bridgehead atoms. The average molecular weight is 184 g/mol. The Labute approximate surface area is 80.7 Å². The van der Waals surface area contributed by atoms with Gasteiger partial charge in [-0.1, -0.05) is 13.8 Å². The van der Waals surface area contributed by atoms with Crippen LogP contribution in [0.15, 0.2) is 0 Å². The van der Waals surface area contributed by atoms with Crippen LogP contribution in [-0.4, -0.2) is 19.5 Å². The zero-order valence-electron chi connectivity index (χ0n) is 9.09. The monoisotopic (exact) mass is 184 g/mol. The van der Waals surface area contributed by atoms with Crippen molar-refractivity contribution in [3.63, 3.8) is 0 Å². The number of ketones is 1. The second kappa shape index (κ2) is 3.79. The highest BCUT2D eigenvalue weighted by Gasteiger charge is 2.49. The second-order valence-electron chi connectivity index (χ2n) is 4.70. The maximum Gasteiger partial charge on any atom is 0.133 e. The predicted molar refractivity (Wildman–Crippen MR) is 52.6 cm³/mol. The van der Waals surface area contributed by atoms with Crippen LogP contribution in [0.25, 0.3) is 0 Å². The van der Waals surface area contributed by atoms with E-state index in [0.717, 1.165) is 19.4 Å². The van der Waals surface area contributed by atoms with Crippen molar-refractivity contribution in [2.75, 3.05) is 13.7 Å². The Morgan fingerprint density at radius 2 is 2.15 bits per heavy atom. The number of methoxy groups -OCH3 is 1. The quantitative estimate of drug-likeness (QED) is 0.670. The minimum absolute atomic E-state index is 0.199. The van der Waals surface area contributed by atoms with Gasteiger partial charge in [-0.05, 0) is 31.1 Å². The molecule has 0 radical (unpaired) electrons. The molecule has 2 atom stereocenters. The van der Waals surface area contributed by atoms with Crippen molar-refractivity contribution in [2.24, 2.45) is 17.3 Å². The first-order chi connectivity index (χ1) is 6.00. The summed E-state index contributed by atoms with van der Waals surface area (Å²) in [5.41, 5.74) is 0.199. The van der Waals surface area contributed by atoms with E-state index < -0.39 is 0 Å². The summed E-state index contributed by atoms with van der Waals surface area (Å²) in [7, 11) is 1.73. The number of ether oxygens (including phenoxy) is 1. The Balaban J connectivity index is 2.44. The van der Waals surface area contributed by atoms with Gasteiger partial charge in [-0.3, -0.25) is 4.79 Å². The summed E-state index contributed by atoms with van der Waals surface area (Å²) >= 11 is 0. The average Bonchev–Trinajstić information content (AvgIpc) is 2.02. The van der Waals surface area contributed by atoms with Crippen LogP contribution in [0.1, 0.15) is 33.6 Å². The third-order valence-electron chi connectivity index (χ3n) is 3.63. The standard InChI is InChI=1S/C11H20O2/c1-8(12)10-7-9(5-6-13-4)11(10,2)3/h9-10H,5-7H2,1-4H3. The number of rotatable bonds is 4. The highest BCUT2D eigenvalue weighted by Crippen LogP contribution is 2.53. The van der Waals surface area contributed by atoms with E-state index in [1.165, 1.54) is 0 Å². The van der Waals surface area contributed by atoms with Crippen LogP contribution in [0.2, 0.25) is 0 Å². The number of Topliss-reactive ketones (excluding diaryl/α,β-unsaturated/α-hetero) is 1. The summed E-state index contributed by atoms with van der Waals surface area (Å²) in [5.74, 6) is 1.30. The minimum Gasteiger partial charge on any atom is -0.385 e. The summed E-state index contributed by atoms with van der Waals surface area (Å²) in [6.07, 6.45) is 2.15. The zero-order chi connectivity index (χ0) is 10.1. The fraction of sp³-hybridized carbons (Fsp3) is 0.909. The molecule has 76 valence electrons. The van der Waals surface area contributed by atoms with Gasteiger partial charge in [0.25, 0.3) is 0 Å². The molecule has 0 spiro atoms. The molecule has 0 amide bonds. The molecular weight excluding hydrogens is 164 g/mol. The topological polar surface area (TPSA) is 26.3 Å². The lowest BCUT2D eigenvalue weighted by Crippen LogP contribution is -2.48. The molecular formula is C11H20O2. The summed E-state index contributed by atoms with van der Waals surface area (Å²) in [5, 5.41) is 0. The fourth-order valence-electron chi connectivity index (χ4n) is 2.46. The number of hydrogen-bond donors (Lipinski definition) is 0. The van der Waals surface area contributed by atoms with Gasteiger partial charge in [-0.2, -0.15) is 0 Å². The number of carbonyl (C=O) groups excluding carboxylic acids is 1. The summed E-state index contributed by atoms with van der Waals surface area (Å²) in [6, 6.07) is 0. The molecule has 1 aliphatic carbocycles. The van der Waals surface area contributed by atoms with Gasteiger partial charge < -0.3 is 4.74 Å². The molecule has 2 heteroatoms. The SMILES string of the molecule is COCCC1CC(C(C)=O)C1(C)C. The largest absolute Gasteiger partial charge is 0.385 e. The lowest BCUT2D eigenvalue weighted by molar-refractivity contribution is -0.137. The van der Waals surface area contributed by atoms with Crippen LogP contribution in [0.3, 0.4) is 0 Å². The molecule has 0 saturated heterocycles. The Morgan fingerprint density at radius 1 is 1.54 bits per heavy atom. The summed E-state index contributed by atoms with van der Waals surface area (Å²) < 4.78 is 5.05. The van der Waals surface area contributed by atoms with Gasteiger partial charge in [0, 0.05) is 19.6 Å². The summed E-state index contributed by atoms with van der Waals surface area (Å²) in [6.45, 7) is 6.92.